The van der Waals surface area contributed by atoms with Crippen LogP contribution in [0.4, 0.5) is 8.78 Å². The molecule has 1 aromatic carbocycles. The standard InChI is InChI=1S/C11H13BrF2O3S/c1-18(15,16)17-8-2-7-11(13,14)9-3-5-10(12)6-4-9/h3-6H,2,7-8H2,1H3. The average molecular weight is 343 g/mol. The summed E-state index contributed by atoms with van der Waals surface area (Å²) in [4.78, 5) is 0. The van der Waals surface area contributed by atoms with Gasteiger partial charge in [-0.25, -0.2) is 8.78 Å². The van der Waals surface area contributed by atoms with Crippen LogP contribution < -0.4 is 0 Å². The summed E-state index contributed by atoms with van der Waals surface area (Å²) in [6.45, 7) is -0.231. The largest absolute Gasteiger partial charge is 0.273 e. The van der Waals surface area contributed by atoms with Gasteiger partial charge in [0.15, 0.2) is 0 Å². The van der Waals surface area contributed by atoms with E-state index in [1.807, 2.05) is 0 Å². The molecule has 102 valence electrons. The van der Waals surface area contributed by atoms with Crippen LogP contribution in [0.1, 0.15) is 18.4 Å². The van der Waals surface area contributed by atoms with Gasteiger partial charge < -0.3 is 0 Å². The molecule has 0 spiro atoms. The quantitative estimate of drug-likeness (QED) is 0.588. The molecule has 0 heterocycles. The first-order valence-corrected chi connectivity index (χ1v) is 7.80. The summed E-state index contributed by atoms with van der Waals surface area (Å²) in [7, 11) is -3.56. The Morgan fingerprint density at radius 3 is 2.33 bits per heavy atom. The molecule has 0 unspecified atom stereocenters. The molecule has 0 fully saturated rings. The fraction of sp³-hybridized carbons (Fsp3) is 0.455. The molecule has 0 aromatic heterocycles. The van der Waals surface area contributed by atoms with Crippen molar-refractivity contribution < 1.29 is 21.4 Å². The lowest BCUT2D eigenvalue weighted by Gasteiger charge is -2.16. The van der Waals surface area contributed by atoms with Gasteiger partial charge in [0, 0.05) is 16.5 Å². The first-order valence-electron chi connectivity index (χ1n) is 5.19. The molecular weight excluding hydrogens is 330 g/mol. The van der Waals surface area contributed by atoms with Crippen molar-refractivity contribution >= 4 is 26.0 Å². The lowest BCUT2D eigenvalue weighted by atomic mass is 10.0. The number of hydrogen-bond donors (Lipinski definition) is 0. The zero-order valence-corrected chi connectivity index (χ0v) is 12.1. The van der Waals surface area contributed by atoms with Crippen molar-refractivity contribution in [3.8, 4) is 0 Å². The second kappa shape index (κ2) is 6.08. The molecule has 0 aliphatic rings. The monoisotopic (exact) mass is 342 g/mol. The number of rotatable bonds is 6. The van der Waals surface area contributed by atoms with E-state index in [1.54, 1.807) is 0 Å². The van der Waals surface area contributed by atoms with Crippen molar-refractivity contribution in [3.63, 3.8) is 0 Å². The van der Waals surface area contributed by atoms with E-state index in [0.29, 0.717) is 0 Å². The first kappa shape index (κ1) is 15.5. The van der Waals surface area contributed by atoms with E-state index >= 15 is 0 Å². The Kier molecular flexibility index (Phi) is 5.24. The number of benzene rings is 1. The van der Waals surface area contributed by atoms with Crippen molar-refractivity contribution in [3.05, 3.63) is 34.3 Å². The van der Waals surface area contributed by atoms with Crippen LogP contribution in [-0.2, 0) is 20.2 Å². The second-order valence-corrected chi connectivity index (χ2v) is 6.40. The first-order chi connectivity index (χ1) is 8.21. The highest BCUT2D eigenvalue weighted by atomic mass is 79.9. The molecule has 3 nitrogen and oxygen atoms in total. The van der Waals surface area contributed by atoms with Crippen LogP contribution in [0.3, 0.4) is 0 Å². The lowest BCUT2D eigenvalue weighted by molar-refractivity contribution is -0.0179. The summed E-state index contributed by atoms with van der Waals surface area (Å²) in [6, 6.07) is 5.75. The van der Waals surface area contributed by atoms with Gasteiger partial charge in [0.2, 0.25) is 0 Å². The number of alkyl halides is 2. The predicted octanol–water partition coefficient (Wildman–Crippen LogP) is 3.30. The molecule has 0 aliphatic carbocycles. The smallest absolute Gasteiger partial charge is 0.270 e. The van der Waals surface area contributed by atoms with Crippen LogP contribution in [-0.4, -0.2) is 21.3 Å². The molecular formula is C11H13BrF2O3S. The van der Waals surface area contributed by atoms with E-state index in [2.05, 4.69) is 20.1 Å². The minimum atomic E-state index is -3.56. The van der Waals surface area contributed by atoms with Gasteiger partial charge in [-0.3, -0.25) is 4.18 Å². The predicted molar refractivity (Wildman–Crippen MR) is 68.1 cm³/mol. The summed E-state index contributed by atoms with van der Waals surface area (Å²) in [5, 5.41) is 0. The Balaban J connectivity index is 2.52. The third kappa shape index (κ3) is 5.41. The van der Waals surface area contributed by atoms with Crippen LogP contribution in [0.2, 0.25) is 0 Å². The Labute approximate surface area is 113 Å². The highest BCUT2D eigenvalue weighted by Crippen LogP contribution is 2.33. The molecule has 1 aromatic rings. The van der Waals surface area contributed by atoms with Gasteiger partial charge in [0.05, 0.1) is 12.9 Å². The van der Waals surface area contributed by atoms with E-state index in [9.17, 15) is 17.2 Å². The van der Waals surface area contributed by atoms with Crippen LogP contribution in [0.25, 0.3) is 0 Å². The molecule has 0 radical (unpaired) electrons. The minimum absolute atomic E-state index is 0.0316. The lowest BCUT2D eigenvalue weighted by Crippen LogP contribution is -2.15. The second-order valence-electron chi connectivity index (χ2n) is 3.84. The fourth-order valence-electron chi connectivity index (χ4n) is 1.34. The molecule has 7 heteroatoms. The van der Waals surface area contributed by atoms with Gasteiger partial charge in [-0.05, 0) is 18.6 Å². The summed E-state index contributed by atoms with van der Waals surface area (Å²) in [5.41, 5.74) is -0.0925. The van der Waals surface area contributed by atoms with Gasteiger partial charge >= 0.3 is 0 Å². The van der Waals surface area contributed by atoms with Crippen LogP contribution in [0.15, 0.2) is 28.7 Å². The van der Waals surface area contributed by atoms with Gasteiger partial charge in [0.25, 0.3) is 16.0 Å². The summed E-state index contributed by atoms with van der Waals surface area (Å²) in [6.07, 6.45) is 0.403. The highest BCUT2D eigenvalue weighted by Gasteiger charge is 2.30. The van der Waals surface area contributed by atoms with E-state index in [-0.39, 0.29) is 18.6 Å². The van der Waals surface area contributed by atoms with Gasteiger partial charge in [-0.2, -0.15) is 8.42 Å². The van der Waals surface area contributed by atoms with Crippen molar-refractivity contribution in [2.24, 2.45) is 0 Å². The van der Waals surface area contributed by atoms with Crippen LogP contribution in [0, 0.1) is 0 Å². The zero-order chi connectivity index (χ0) is 13.8. The maximum absolute atomic E-state index is 13.7. The molecule has 0 atom stereocenters. The normalized spacial score (nSPS) is 12.7. The number of halogens is 3. The van der Waals surface area contributed by atoms with Crippen molar-refractivity contribution in [1.29, 1.82) is 0 Å². The Hall–Kier alpha value is -0.530. The molecule has 0 saturated carbocycles. The Morgan fingerprint density at radius 2 is 1.83 bits per heavy atom. The summed E-state index contributed by atoms with van der Waals surface area (Å²) >= 11 is 3.17. The molecule has 1 rings (SSSR count). The minimum Gasteiger partial charge on any atom is -0.270 e. The van der Waals surface area contributed by atoms with E-state index in [4.69, 9.17) is 0 Å². The van der Waals surface area contributed by atoms with E-state index < -0.39 is 22.5 Å². The highest BCUT2D eigenvalue weighted by molar-refractivity contribution is 9.10. The summed E-state index contributed by atoms with van der Waals surface area (Å²) in [5.74, 6) is -2.98. The third-order valence-corrected chi connectivity index (χ3v) is 3.32. The number of hydrogen-bond acceptors (Lipinski definition) is 3. The van der Waals surface area contributed by atoms with Crippen molar-refractivity contribution in [2.45, 2.75) is 18.8 Å². The van der Waals surface area contributed by atoms with Gasteiger partial charge in [-0.1, -0.05) is 28.1 Å². The Morgan fingerprint density at radius 1 is 1.28 bits per heavy atom. The van der Waals surface area contributed by atoms with Gasteiger partial charge in [-0.15, -0.1) is 0 Å². The maximum atomic E-state index is 13.7. The summed E-state index contributed by atoms with van der Waals surface area (Å²) < 4.78 is 53.8. The van der Waals surface area contributed by atoms with Crippen molar-refractivity contribution in [2.75, 3.05) is 12.9 Å². The van der Waals surface area contributed by atoms with E-state index in [0.717, 1.165) is 10.7 Å². The van der Waals surface area contributed by atoms with E-state index in [1.165, 1.54) is 24.3 Å². The van der Waals surface area contributed by atoms with Crippen molar-refractivity contribution in [1.82, 2.24) is 0 Å². The molecule has 0 aliphatic heterocycles. The third-order valence-electron chi connectivity index (χ3n) is 2.20. The van der Waals surface area contributed by atoms with Gasteiger partial charge in [0.1, 0.15) is 0 Å². The molecule has 0 N–H and O–H groups in total. The molecule has 0 saturated heterocycles. The molecule has 0 bridgehead atoms. The topological polar surface area (TPSA) is 43.4 Å². The SMILES string of the molecule is CS(=O)(=O)OCCCC(F)(F)c1ccc(Br)cc1. The Bertz CT molecular complexity index is 486. The maximum Gasteiger partial charge on any atom is 0.273 e. The zero-order valence-electron chi connectivity index (χ0n) is 9.70. The van der Waals surface area contributed by atoms with Crippen LogP contribution in [0.5, 0.6) is 0 Å². The molecule has 18 heavy (non-hydrogen) atoms. The average Bonchev–Trinajstić information content (AvgIpc) is 2.24. The molecule has 0 amide bonds. The fourth-order valence-corrected chi connectivity index (χ4v) is 2.03. The van der Waals surface area contributed by atoms with Crippen LogP contribution >= 0.6 is 15.9 Å².